The van der Waals surface area contributed by atoms with Gasteiger partial charge in [0.1, 0.15) is 0 Å². The fourth-order valence-corrected chi connectivity index (χ4v) is 1.83. The standard InChI is InChI=1S/C14H20N4O2/c1-4-20-13(19)10-5-6-11-12(9-10)17-14(16-11)15-7-8-18(2)3/h5-6,9H,4,7-8H2,1-3H3,(H2,15,16,17). The van der Waals surface area contributed by atoms with E-state index < -0.39 is 0 Å². The molecule has 108 valence electrons. The first-order valence-electron chi connectivity index (χ1n) is 6.65. The van der Waals surface area contributed by atoms with E-state index in [-0.39, 0.29) is 5.97 Å². The molecular weight excluding hydrogens is 256 g/mol. The van der Waals surface area contributed by atoms with Crippen molar-refractivity contribution in [3.63, 3.8) is 0 Å². The van der Waals surface area contributed by atoms with Gasteiger partial charge in [-0.1, -0.05) is 0 Å². The van der Waals surface area contributed by atoms with E-state index >= 15 is 0 Å². The fraction of sp³-hybridized carbons (Fsp3) is 0.429. The summed E-state index contributed by atoms with van der Waals surface area (Å²) in [7, 11) is 4.04. The molecule has 0 saturated heterocycles. The SMILES string of the molecule is CCOC(=O)c1ccc2nc(NCCN(C)C)[nH]c2c1. The molecule has 0 aliphatic rings. The van der Waals surface area contributed by atoms with Gasteiger partial charge in [-0.15, -0.1) is 0 Å². The molecule has 2 aromatic rings. The minimum absolute atomic E-state index is 0.314. The summed E-state index contributed by atoms with van der Waals surface area (Å²) >= 11 is 0. The molecule has 0 saturated carbocycles. The summed E-state index contributed by atoms with van der Waals surface area (Å²) in [5, 5.41) is 3.21. The van der Waals surface area contributed by atoms with Crippen LogP contribution in [0, 0.1) is 0 Å². The van der Waals surface area contributed by atoms with Gasteiger partial charge in [0.05, 0.1) is 23.2 Å². The van der Waals surface area contributed by atoms with Gasteiger partial charge in [-0.2, -0.15) is 0 Å². The molecule has 1 heterocycles. The van der Waals surface area contributed by atoms with Gasteiger partial charge in [0, 0.05) is 13.1 Å². The third kappa shape index (κ3) is 3.48. The van der Waals surface area contributed by atoms with E-state index in [9.17, 15) is 4.79 Å². The predicted octanol–water partition coefficient (Wildman–Crippen LogP) is 1.71. The number of hydrogen-bond acceptors (Lipinski definition) is 5. The molecule has 6 heteroatoms. The highest BCUT2D eigenvalue weighted by Crippen LogP contribution is 2.16. The Kier molecular flexibility index (Phi) is 4.57. The van der Waals surface area contributed by atoms with Crippen LogP contribution in [0.4, 0.5) is 5.95 Å². The Morgan fingerprint density at radius 2 is 2.25 bits per heavy atom. The van der Waals surface area contributed by atoms with Gasteiger partial charge in [0.15, 0.2) is 0 Å². The Labute approximate surface area is 118 Å². The molecule has 0 bridgehead atoms. The third-order valence-corrected chi connectivity index (χ3v) is 2.84. The Balaban J connectivity index is 2.11. The van der Waals surface area contributed by atoms with Gasteiger partial charge in [-0.05, 0) is 39.2 Å². The van der Waals surface area contributed by atoms with Crippen LogP contribution in [0.5, 0.6) is 0 Å². The Morgan fingerprint density at radius 1 is 1.45 bits per heavy atom. The maximum absolute atomic E-state index is 11.7. The molecule has 0 aliphatic heterocycles. The Morgan fingerprint density at radius 3 is 2.95 bits per heavy atom. The summed E-state index contributed by atoms with van der Waals surface area (Å²) < 4.78 is 4.98. The third-order valence-electron chi connectivity index (χ3n) is 2.84. The summed E-state index contributed by atoms with van der Waals surface area (Å²) in [6.07, 6.45) is 0. The second kappa shape index (κ2) is 6.38. The van der Waals surface area contributed by atoms with Crippen LogP contribution in [0.1, 0.15) is 17.3 Å². The molecule has 0 spiro atoms. The number of aromatic nitrogens is 2. The molecule has 1 aromatic carbocycles. The number of hydrogen-bond donors (Lipinski definition) is 2. The molecule has 1 aromatic heterocycles. The Bertz CT molecular complexity index is 592. The number of anilines is 1. The minimum atomic E-state index is -0.314. The first-order valence-corrected chi connectivity index (χ1v) is 6.65. The van der Waals surface area contributed by atoms with E-state index in [0.29, 0.717) is 18.1 Å². The number of nitrogens with one attached hydrogen (secondary N) is 2. The van der Waals surface area contributed by atoms with E-state index in [0.717, 1.165) is 24.1 Å². The second-order valence-corrected chi connectivity index (χ2v) is 4.77. The molecule has 0 radical (unpaired) electrons. The molecule has 20 heavy (non-hydrogen) atoms. The van der Waals surface area contributed by atoms with Crippen molar-refractivity contribution in [2.75, 3.05) is 39.1 Å². The first kappa shape index (κ1) is 14.3. The van der Waals surface area contributed by atoms with E-state index in [1.165, 1.54) is 0 Å². The average molecular weight is 276 g/mol. The smallest absolute Gasteiger partial charge is 0.338 e. The zero-order chi connectivity index (χ0) is 14.5. The molecule has 0 atom stereocenters. The highest BCUT2D eigenvalue weighted by molar-refractivity contribution is 5.93. The summed E-state index contributed by atoms with van der Waals surface area (Å²) in [5.74, 6) is 0.397. The van der Waals surface area contributed by atoms with Crippen molar-refractivity contribution in [3.8, 4) is 0 Å². The van der Waals surface area contributed by atoms with Crippen molar-refractivity contribution >= 4 is 23.0 Å². The number of rotatable bonds is 6. The van der Waals surface area contributed by atoms with Crippen LogP contribution in [0.25, 0.3) is 11.0 Å². The number of benzene rings is 1. The number of H-pyrrole nitrogens is 1. The van der Waals surface area contributed by atoms with Gasteiger partial charge >= 0.3 is 5.97 Å². The molecule has 0 amide bonds. The van der Waals surface area contributed by atoms with E-state index in [4.69, 9.17) is 4.74 Å². The van der Waals surface area contributed by atoms with Gasteiger partial charge in [0.25, 0.3) is 0 Å². The summed E-state index contributed by atoms with van der Waals surface area (Å²) in [4.78, 5) is 21.3. The lowest BCUT2D eigenvalue weighted by Gasteiger charge is -2.08. The van der Waals surface area contributed by atoms with Gasteiger partial charge in [0.2, 0.25) is 5.95 Å². The number of likely N-dealkylation sites (N-methyl/N-ethyl adjacent to an activating group) is 1. The maximum Gasteiger partial charge on any atom is 0.338 e. The molecule has 2 N–H and O–H groups in total. The van der Waals surface area contributed by atoms with Crippen molar-refractivity contribution in [1.29, 1.82) is 0 Å². The molecule has 0 aliphatic carbocycles. The number of carbonyl (C=O) groups is 1. The number of imidazole rings is 1. The summed E-state index contributed by atoms with van der Waals surface area (Å²) in [6.45, 7) is 3.89. The largest absolute Gasteiger partial charge is 0.462 e. The second-order valence-electron chi connectivity index (χ2n) is 4.77. The molecule has 0 fully saturated rings. The topological polar surface area (TPSA) is 70.2 Å². The number of aromatic amines is 1. The summed E-state index contributed by atoms with van der Waals surface area (Å²) in [6, 6.07) is 5.30. The zero-order valence-electron chi connectivity index (χ0n) is 12.1. The Hall–Kier alpha value is -2.08. The molecule has 2 rings (SSSR count). The van der Waals surface area contributed by atoms with Crippen molar-refractivity contribution in [2.45, 2.75) is 6.92 Å². The minimum Gasteiger partial charge on any atom is -0.462 e. The quantitative estimate of drug-likeness (QED) is 0.786. The number of carbonyl (C=O) groups excluding carboxylic acids is 1. The highest BCUT2D eigenvalue weighted by Gasteiger charge is 2.09. The number of fused-ring (bicyclic) bond motifs is 1. The molecule has 0 unspecified atom stereocenters. The van der Waals surface area contributed by atoms with Crippen LogP contribution in [0.15, 0.2) is 18.2 Å². The van der Waals surface area contributed by atoms with Crippen LogP contribution in [0.3, 0.4) is 0 Å². The molecule has 6 nitrogen and oxygen atoms in total. The van der Waals surface area contributed by atoms with Crippen molar-refractivity contribution < 1.29 is 9.53 Å². The van der Waals surface area contributed by atoms with E-state index in [2.05, 4.69) is 20.2 Å². The lowest BCUT2D eigenvalue weighted by molar-refractivity contribution is 0.0526. The van der Waals surface area contributed by atoms with Crippen LogP contribution in [0.2, 0.25) is 0 Å². The van der Waals surface area contributed by atoms with Crippen LogP contribution in [-0.2, 0) is 4.74 Å². The lowest BCUT2D eigenvalue weighted by atomic mass is 10.2. The van der Waals surface area contributed by atoms with Gasteiger partial charge in [-0.3, -0.25) is 0 Å². The van der Waals surface area contributed by atoms with Gasteiger partial charge in [-0.25, -0.2) is 9.78 Å². The van der Waals surface area contributed by atoms with Crippen molar-refractivity contribution in [1.82, 2.24) is 14.9 Å². The lowest BCUT2D eigenvalue weighted by Crippen LogP contribution is -2.21. The molecular formula is C14H20N4O2. The number of ether oxygens (including phenoxy) is 1. The highest BCUT2D eigenvalue weighted by atomic mass is 16.5. The average Bonchev–Trinajstić information content (AvgIpc) is 2.80. The normalized spacial score (nSPS) is 11.0. The predicted molar refractivity (Wildman–Crippen MR) is 79.1 cm³/mol. The van der Waals surface area contributed by atoms with Crippen LogP contribution >= 0.6 is 0 Å². The monoisotopic (exact) mass is 276 g/mol. The number of esters is 1. The van der Waals surface area contributed by atoms with Gasteiger partial charge < -0.3 is 19.9 Å². The number of nitrogens with zero attached hydrogens (tertiary/aromatic N) is 2. The van der Waals surface area contributed by atoms with E-state index in [1.54, 1.807) is 19.1 Å². The van der Waals surface area contributed by atoms with Crippen LogP contribution < -0.4 is 5.32 Å². The maximum atomic E-state index is 11.7. The zero-order valence-corrected chi connectivity index (χ0v) is 12.1. The fourth-order valence-electron chi connectivity index (χ4n) is 1.83. The van der Waals surface area contributed by atoms with Crippen LogP contribution in [-0.4, -0.2) is 54.6 Å². The first-order chi connectivity index (χ1) is 9.60. The van der Waals surface area contributed by atoms with E-state index in [1.807, 2.05) is 20.2 Å². The summed E-state index contributed by atoms with van der Waals surface area (Å²) in [5.41, 5.74) is 2.18. The van der Waals surface area contributed by atoms with Crippen molar-refractivity contribution in [2.24, 2.45) is 0 Å². The van der Waals surface area contributed by atoms with Crippen molar-refractivity contribution in [3.05, 3.63) is 23.8 Å².